The van der Waals surface area contributed by atoms with Crippen molar-refractivity contribution in [2.24, 2.45) is 11.7 Å². The Morgan fingerprint density at radius 2 is 2.11 bits per heavy atom. The van der Waals surface area contributed by atoms with Crippen LogP contribution >= 0.6 is 0 Å². The van der Waals surface area contributed by atoms with Gasteiger partial charge in [0, 0.05) is 18.1 Å². The molecule has 0 saturated heterocycles. The summed E-state index contributed by atoms with van der Waals surface area (Å²) in [4.78, 5) is 0. The van der Waals surface area contributed by atoms with Gasteiger partial charge in [-0.1, -0.05) is 19.9 Å². The SMILES string of the molecule is COCCc1ccc2oc(CN)c(CC(C)C)c2c1. The van der Waals surface area contributed by atoms with Gasteiger partial charge in [0.2, 0.25) is 0 Å². The van der Waals surface area contributed by atoms with E-state index < -0.39 is 0 Å². The molecule has 1 aromatic carbocycles. The highest BCUT2D eigenvalue weighted by atomic mass is 16.5. The molecule has 0 saturated carbocycles. The van der Waals surface area contributed by atoms with Crippen LogP contribution in [0.5, 0.6) is 0 Å². The van der Waals surface area contributed by atoms with E-state index in [1.54, 1.807) is 7.11 Å². The molecule has 0 aliphatic rings. The lowest BCUT2D eigenvalue weighted by Crippen LogP contribution is -2.02. The van der Waals surface area contributed by atoms with Crippen molar-refractivity contribution >= 4 is 11.0 Å². The molecule has 0 atom stereocenters. The third kappa shape index (κ3) is 3.17. The van der Waals surface area contributed by atoms with Crippen molar-refractivity contribution < 1.29 is 9.15 Å². The van der Waals surface area contributed by atoms with Crippen LogP contribution in [0.4, 0.5) is 0 Å². The fourth-order valence-corrected chi connectivity index (χ4v) is 2.42. The van der Waals surface area contributed by atoms with E-state index in [4.69, 9.17) is 14.9 Å². The number of nitrogens with two attached hydrogens (primary N) is 1. The van der Waals surface area contributed by atoms with Gasteiger partial charge in [-0.05, 0) is 36.5 Å². The predicted molar refractivity (Wildman–Crippen MR) is 78.2 cm³/mol. The van der Waals surface area contributed by atoms with Crippen LogP contribution in [0.2, 0.25) is 0 Å². The van der Waals surface area contributed by atoms with E-state index in [9.17, 15) is 0 Å². The molecular weight excluding hydrogens is 238 g/mol. The number of benzene rings is 1. The molecule has 0 fully saturated rings. The second kappa shape index (κ2) is 6.22. The number of hydrogen-bond donors (Lipinski definition) is 1. The molecule has 3 nitrogen and oxygen atoms in total. The number of rotatable bonds is 6. The van der Waals surface area contributed by atoms with Crippen LogP contribution in [0.25, 0.3) is 11.0 Å². The summed E-state index contributed by atoms with van der Waals surface area (Å²) < 4.78 is 11.0. The van der Waals surface area contributed by atoms with Gasteiger partial charge < -0.3 is 14.9 Å². The molecule has 2 aromatic rings. The molecule has 1 aromatic heterocycles. The molecule has 0 unspecified atom stereocenters. The van der Waals surface area contributed by atoms with Crippen molar-refractivity contribution in [1.82, 2.24) is 0 Å². The first-order valence-corrected chi connectivity index (χ1v) is 6.88. The molecule has 2 N–H and O–H groups in total. The van der Waals surface area contributed by atoms with Crippen molar-refractivity contribution in [1.29, 1.82) is 0 Å². The Hall–Kier alpha value is -1.32. The lowest BCUT2D eigenvalue weighted by atomic mass is 9.98. The van der Waals surface area contributed by atoms with E-state index in [-0.39, 0.29) is 0 Å². The summed E-state index contributed by atoms with van der Waals surface area (Å²) in [7, 11) is 1.73. The van der Waals surface area contributed by atoms with E-state index in [0.29, 0.717) is 12.5 Å². The Balaban J connectivity index is 2.42. The first kappa shape index (κ1) is 14.1. The van der Waals surface area contributed by atoms with Crippen LogP contribution in [0.15, 0.2) is 22.6 Å². The molecule has 0 radical (unpaired) electrons. The van der Waals surface area contributed by atoms with Gasteiger partial charge >= 0.3 is 0 Å². The van der Waals surface area contributed by atoms with Crippen molar-refractivity contribution in [2.75, 3.05) is 13.7 Å². The Morgan fingerprint density at radius 3 is 2.74 bits per heavy atom. The summed E-state index contributed by atoms with van der Waals surface area (Å²) in [5.41, 5.74) is 9.29. The quantitative estimate of drug-likeness (QED) is 0.868. The lowest BCUT2D eigenvalue weighted by molar-refractivity contribution is 0.202. The average Bonchev–Trinajstić information content (AvgIpc) is 2.73. The number of methoxy groups -OCH3 is 1. The highest BCUT2D eigenvalue weighted by molar-refractivity contribution is 5.83. The fraction of sp³-hybridized carbons (Fsp3) is 0.500. The molecule has 19 heavy (non-hydrogen) atoms. The highest BCUT2D eigenvalue weighted by Gasteiger charge is 2.14. The van der Waals surface area contributed by atoms with Crippen LogP contribution in [-0.2, 0) is 24.1 Å². The van der Waals surface area contributed by atoms with E-state index >= 15 is 0 Å². The molecule has 0 bridgehead atoms. The Morgan fingerprint density at radius 1 is 1.32 bits per heavy atom. The first-order valence-electron chi connectivity index (χ1n) is 6.88. The molecule has 1 heterocycles. The predicted octanol–water partition coefficient (Wildman–Crippen LogP) is 3.28. The average molecular weight is 261 g/mol. The monoisotopic (exact) mass is 261 g/mol. The molecule has 104 valence electrons. The zero-order chi connectivity index (χ0) is 13.8. The lowest BCUT2D eigenvalue weighted by Gasteiger charge is -2.05. The van der Waals surface area contributed by atoms with E-state index in [0.717, 1.165) is 30.8 Å². The molecule has 0 amide bonds. The summed E-state index contributed by atoms with van der Waals surface area (Å²) in [6, 6.07) is 6.36. The normalized spacial score (nSPS) is 11.6. The van der Waals surface area contributed by atoms with Crippen LogP contribution < -0.4 is 5.73 Å². The zero-order valence-corrected chi connectivity index (χ0v) is 12.0. The second-order valence-electron chi connectivity index (χ2n) is 5.38. The van der Waals surface area contributed by atoms with Gasteiger partial charge in [0.1, 0.15) is 11.3 Å². The fourth-order valence-electron chi connectivity index (χ4n) is 2.42. The van der Waals surface area contributed by atoms with Gasteiger partial charge in [0.15, 0.2) is 0 Å². The van der Waals surface area contributed by atoms with Gasteiger partial charge in [0.25, 0.3) is 0 Å². The van der Waals surface area contributed by atoms with Gasteiger partial charge in [-0.25, -0.2) is 0 Å². The Bertz CT molecular complexity index is 543. The van der Waals surface area contributed by atoms with Crippen LogP contribution in [-0.4, -0.2) is 13.7 Å². The number of ether oxygens (including phenoxy) is 1. The smallest absolute Gasteiger partial charge is 0.134 e. The molecule has 0 aliphatic carbocycles. The van der Waals surface area contributed by atoms with Crippen molar-refractivity contribution in [2.45, 2.75) is 33.2 Å². The number of furan rings is 1. The standard InChI is InChI=1S/C16H23NO2/c1-11(2)8-13-14-9-12(6-7-18-3)4-5-15(14)19-16(13)10-17/h4-5,9,11H,6-8,10,17H2,1-3H3. The summed E-state index contributed by atoms with van der Waals surface area (Å²) >= 11 is 0. The van der Waals surface area contributed by atoms with Gasteiger partial charge in [0.05, 0.1) is 13.2 Å². The van der Waals surface area contributed by atoms with Gasteiger partial charge in [-0.2, -0.15) is 0 Å². The number of fused-ring (bicyclic) bond motifs is 1. The van der Waals surface area contributed by atoms with Gasteiger partial charge in [-0.3, -0.25) is 0 Å². The zero-order valence-electron chi connectivity index (χ0n) is 12.0. The van der Waals surface area contributed by atoms with Crippen molar-refractivity contribution in [3.05, 3.63) is 35.1 Å². The van der Waals surface area contributed by atoms with E-state index in [2.05, 4.69) is 26.0 Å². The number of hydrogen-bond acceptors (Lipinski definition) is 3. The Labute approximate surface area is 114 Å². The summed E-state index contributed by atoms with van der Waals surface area (Å²) in [5, 5.41) is 1.21. The highest BCUT2D eigenvalue weighted by Crippen LogP contribution is 2.29. The minimum Gasteiger partial charge on any atom is -0.459 e. The summed E-state index contributed by atoms with van der Waals surface area (Å²) in [6.07, 6.45) is 1.93. The molecular formula is C16H23NO2. The maximum absolute atomic E-state index is 5.85. The minimum atomic E-state index is 0.462. The van der Waals surface area contributed by atoms with Gasteiger partial charge in [-0.15, -0.1) is 0 Å². The van der Waals surface area contributed by atoms with Crippen molar-refractivity contribution in [3.63, 3.8) is 0 Å². The van der Waals surface area contributed by atoms with Crippen LogP contribution in [0, 0.1) is 5.92 Å². The molecule has 3 heteroatoms. The largest absolute Gasteiger partial charge is 0.459 e. The maximum Gasteiger partial charge on any atom is 0.134 e. The topological polar surface area (TPSA) is 48.4 Å². The van der Waals surface area contributed by atoms with Crippen LogP contribution in [0.3, 0.4) is 0 Å². The third-order valence-corrected chi connectivity index (χ3v) is 3.33. The molecule has 0 aliphatic heterocycles. The minimum absolute atomic E-state index is 0.462. The Kier molecular flexibility index (Phi) is 4.61. The third-order valence-electron chi connectivity index (χ3n) is 3.33. The molecule has 2 rings (SSSR count). The van der Waals surface area contributed by atoms with E-state index in [1.165, 1.54) is 16.5 Å². The summed E-state index contributed by atoms with van der Waals surface area (Å²) in [6.45, 7) is 5.64. The summed E-state index contributed by atoms with van der Waals surface area (Å²) in [5.74, 6) is 1.52. The van der Waals surface area contributed by atoms with Crippen molar-refractivity contribution in [3.8, 4) is 0 Å². The van der Waals surface area contributed by atoms with Crippen LogP contribution in [0.1, 0.15) is 30.7 Å². The maximum atomic E-state index is 5.85. The van der Waals surface area contributed by atoms with E-state index in [1.807, 2.05) is 6.07 Å². The molecule has 0 spiro atoms. The first-order chi connectivity index (χ1) is 9.15. The second-order valence-corrected chi connectivity index (χ2v) is 5.38.